The molecule has 2 amide bonds. The van der Waals surface area contributed by atoms with E-state index in [-0.39, 0.29) is 30.1 Å². The smallest absolute Gasteiger partial charge is 0.493 e. The number of alkyl halides is 3. The third kappa shape index (κ3) is 6.14. The molecule has 0 radical (unpaired) electrons. The zero-order valence-electron chi connectivity index (χ0n) is 15.5. The van der Waals surface area contributed by atoms with Gasteiger partial charge in [-0.05, 0) is 41.8 Å². The van der Waals surface area contributed by atoms with E-state index >= 15 is 0 Å². The van der Waals surface area contributed by atoms with Crippen molar-refractivity contribution in [1.82, 2.24) is 5.32 Å². The lowest BCUT2D eigenvalue weighted by atomic mass is 10.0. The third-order valence-corrected chi connectivity index (χ3v) is 5.35. The Morgan fingerprint density at radius 2 is 1.67 bits per heavy atom. The van der Waals surface area contributed by atoms with Crippen molar-refractivity contribution in [2.24, 2.45) is 0 Å². The van der Waals surface area contributed by atoms with Gasteiger partial charge in [-0.3, -0.25) is 14.9 Å². The summed E-state index contributed by atoms with van der Waals surface area (Å²) in [4.78, 5) is 22.8. The molecule has 10 heteroatoms. The first-order chi connectivity index (χ1) is 14.2. The minimum Gasteiger partial charge on any atom is -0.493 e. The van der Waals surface area contributed by atoms with Gasteiger partial charge in [0.1, 0.15) is 11.5 Å². The van der Waals surface area contributed by atoms with Gasteiger partial charge in [-0.25, -0.2) is 0 Å². The molecule has 1 fully saturated rings. The summed E-state index contributed by atoms with van der Waals surface area (Å²) >= 11 is 0.961. The molecule has 1 aliphatic heterocycles. The quantitative estimate of drug-likeness (QED) is 0.651. The van der Waals surface area contributed by atoms with Crippen molar-refractivity contribution in [1.29, 1.82) is 0 Å². The highest BCUT2D eigenvalue weighted by Crippen LogP contribution is 2.26. The van der Waals surface area contributed by atoms with E-state index in [1.165, 1.54) is 24.3 Å². The van der Waals surface area contributed by atoms with Crippen molar-refractivity contribution in [3.63, 3.8) is 0 Å². The summed E-state index contributed by atoms with van der Waals surface area (Å²) in [6.07, 6.45) is -4.35. The fourth-order valence-electron chi connectivity index (χ4n) is 2.86. The van der Waals surface area contributed by atoms with Crippen LogP contribution >= 0.6 is 11.8 Å². The van der Waals surface area contributed by atoms with Gasteiger partial charge in [-0.2, -0.15) is 0 Å². The largest absolute Gasteiger partial charge is 0.573 e. The number of carbonyl (C=O) groups excluding carboxylic acids is 2. The van der Waals surface area contributed by atoms with Crippen molar-refractivity contribution in [2.75, 3.05) is 13.2 Å². The number of nitrogens with one attached hydrogen (secondary N) is 1. The van der Waals surface area contributed by atoms with E-state index in [1.54, 1.807) is 24.3 Å². The van der Waals surface area contributed by atoms with E-state index in [0.717, 1.165) is 17.3 Å². The molecular formula is C20H18F3NO5S. The van der Waals surface area contributed by atoms with Crippen LogP contribution in [0.5, 0.6) is 11.5 Å². The molecule has 1 heterocycles. The van der Waals surface area contributed by atoms with Crippen LogP contribution in [-0.4, -0.2) is 41.1 Å². The second-order valence-electron chi connectivity index (χ2n) is 6.54. The van der Waals surface area contributed by atoms with Crippen LogP contribution in [0.25, 0.3) is 0 Å². The highest BCUT2D eigenvalue weighted by atomic mass is 32.2. The number of ether oxygens (including phenoxy) is 2. The molecule has 3 rings (SSSR count). The van der Waals surface area contributed by atoms with E-state index in [2.05, 4.69) is 10.1 Å². The standard InChI is InChI=1S/C20H18F3NO5S/c21-20(22,23)29-16-7-3-13(4-8-16)14(10-25)11-28-15-5-1-12(2-6-15)9-17-18(26)24-19(27)30-17/h1-8,14,17,25H,9-11H2,(H,24,26,27). The van der Waals surface area contributed by atoms with Crippen LogP contribution in [0.4, 0.5) is 18.0 Å². The maximum atomic E-state index is 12.2. The highest BCUT2D eigenvalue weighted by Gasteiger charge is 2.32. The minimum absolute atomic E-state index is 0.116. The fourth-order valence-corrected chi connectivity index (χ4v) is 3.72. The normalized spacial score (nSPS) is 17.5. The number of aliphatic hydroxyl groups excluding tert-OH is 1. The number of carbonyl (C=O) groups is 2. The summed E-state index contributed by atoms with van der Waals surface area (Å²) in [6, 6.07) is 12.2. The Kier molecular flexibility index (Phi) is 6.88. The van der Waals surface area contributed by atoms with E-state index in [1.807, 2.05) is 0 Å². The second kappa shape index (κ2) is 9.40. The van der Waals surface area contributed by atoms with Crippen molar-refractivity contribution >= 4 is 22.9 Å². The number of rotatable bonds is 8. The number of halogens is 3. The van der Waals surface area contributed by atoms with Crippen molar-refractivity contribution in [2.45, 2.75) is 24.0 Å². The van der Waals surface area contributed by atoms with Gasteiger partial charge in [0, 0.05) is 5.92 Å². The van der Waals surface area contributed by atoms with Gasteiger partial charge in [0.05, 0.1) is 18.5 Å². The molecule has 1 saturated heterocycles. The average Bonchev–Trinajstić information content (AvgIpc) is 3.00. The van der Waals surface area contributed by atoms with Crippen LogP contribution in [0.1, 0.15) is 17.0 Å². The molecule has 1 aliphatic rings. The Hall–Kier alpha value is -2.72. The lowest BCUT2D eigenvalue weighted by Gasteiger charge is -2.17. The summed E-state index contributed by atoms with van der Waals surface area (Å²) in [7, 11) is 0. The molecule has 0 aliphatic carbocycles. The van der Waals surface area contributed by atoms with Gasteiger partial charge in [0.2, 0.25) is 5.91 Å². The van der Waals surface area contributed by atoms with Crippen molar-refractivity contribution in [3.05, 3.63) is 59.7 Å². The summed E-state index contributed by atoms with van der Waals surface area (Å²) < 4.78 is 46.2. The monoisotopic (exact) mass is 441 g/mol. The van der Waals surface area contributed by atoms with E-state index in [0.29, 0.717) is 17.7 Å². The summed E-state index contributed by atoms with van der Waals surface area (Å²) in [5.41, 5.74) is 1.47. The number of aliphatic hydroxyl groups is 1. The van der Waals surface area contributed by atoms with Gasteiger partial charge in [-0.1, -0.05) is 36.0 Å². The number of hydrogen-bond donors (Lipinski definition) is 2. The molecule has 2 unspecified atom stereocenters. The van der Waals surface area contributed by atoms with Crippen LogP contribution in [0.3, 0.4) is 0 Å². The Bertz CT molecular complexity index is 887. The Labute approximate surface area is 174 Å². The molecule has 6 nitrogen and oxygen atoms in total. The predicted octanol–water partition coefficient (Wildman–Crippen LogP) is 3.63. The lowest BCUT2D eigenvalue weighted by molar-refractivity contribution is -0.274. The lowest BCUT2D eigenvalue weighted by Crippen LogP contribution is -2.25. The van der Waals surface area contributed by atoms with Crippen molar-refractivity contribution in [3.8, 4) is 11.5 Å². The zero-order valence-corrected chi connectivity index (χ0v) is 16.3. The molecule has 30 heavy (non-hydrogen) atoms. The summed E-state index contributed by atoms with van der Waals surface area (Å²) in [5.74, 6) is -0.541. The zero-order chi connectivity index (χ0) is 21.7. The first kappa shape index (κ1) is 22.0. The van der Waals surface area contributed by atoms with Crippen molar-refractivity contribution < 1.29 is 37.3 Å². The maximum absolute atomic E-state index is 12.2. The maximum Gasteiger partial charge on any atom is 0.573 e. The number of amides is 2. The molecule has 0 saturated carbocycles. The Balaban J connectivity index is 1.54. The van der Waals surface area contributed by atoms with Gasteiger partial charge in [-0.15, -0.1) is 13.2 Å². The molecule has 2 N–H and O–H groups in total. The fraction of sp³-hybridized carbons (Fsp3) is 0.300. The molecule has 2 aromatic carbocycles. The Morgan fingerprint density at radius 1 is 1.03 bits per heavy atom. The van der Waals surface area contributed by atoms with Crippen LogP contribution in [-0.2, 0) is 11.2 Å². The van der Waals surface area contributed by atoms with E-state index in [9.17, 15) is 27.9 Å². The second-order valence-corrected chi connectivity index (χ2v) is 7.71. The first-order valence-corrected chi connectivity index (χ1v) is 9.81. The van der Waals surface area contributed by atoms with Gasteiger partial charge in [0.25, 0.3) is 5.24 Å². The summed E-state index contributed by atoms with van der Waals surface area (Å²) in [6.45, 7) is -0.135. The average molecular weight is 441 g/mol. The first-order valence-electron chi connectivity index (χ1n) is 8.93. The molecule has 160 valence electrons. The molecule has 2 aromatic rings. The topological polar surface area (TPSA) is 84.9 Å². The predicted molar refractivity (Wildman–Crippen MR) is 104 cm³/mol. The Morgan fingerprint density at radius 3 is 2.20 bits per heavy atom. The van der Waals surface area contributed by atoms with Crippen LogP contribution in [0.15, 0.2) is 48.5 Å². The number of thioether (sulfide) groups is 1. The van der Waals surface area contributed by atoms with Gasteiger partial charge < -0.3 is 14.6 Å². The van der Waals surface area contributed by atoms with Crippen LogP contribution in [0.2, 0.25) is 0 Å². The highest BCUT2D eigenvalue weighted by molar-refractivity contribution is 8.15. The number of benzene rings is 2. The minimum atomic E-state index is -4.76. The molecular weight excluding hydrogens is 423 g/mol. The van der Waals surface area contributed by atoms with Crippen LogP contribution in [0, 0.1) is 0 Å². The molecule has 2 atom stereocenters. The SMILES string of the molecule is O=C1NC(=O)C(Cc2ccc(OCC(CO)c3ccc(OC(F)(F)F)cc3)cc2)S1. The number of imide groups is 1. The third-order valence-electron chi connectivity index (χ3n) is 4.37. The molecule has 0 spiro atoms. The van der Waals surface area contributed by atoms with E-state index < -0.39 is 17.5 Å². The molecule has 0 aromatic heterocycles. The van der Waals surface area contributed by atoms with E-state index in [4.69, 9.17) is 4.74 Å². The number of hydrogen-bond acceptors (Lipinski definition) is 6. The van der Waals surface area contributed by atoms with Gasteiger partial charge in [0.15, 0.2) is 0 Å². The van der Waals surface area contributed by atoms with Gasteiger partial charge >= 0.3 is 6.36 Å². The van der Waals surface area contributed by atoms with Crippen LogP contribution < -0.4 is 14.8 Å². The summed E-state index contributed by atoms with van der Waals surface area (Å²) in [5, 5.41) is 11.0. The molecule has 0 bridgehead atoms.